The first kappa shape index (κ1) is 14.2. The van der Waals surface area contributed by atoms with Gasteiger partial charge in [-0.25, -0.2) is 0 Å². The molecule has 1 aliphatic rings. The largest absolute Gasteiger partial charge is 0.381 e. The number of halogens is 2. The Kier molecular flexibility index (Phi) is 4.57. The summed E-state index contributed by atoms with van der Waals surface area (Å²) in [6.07, 6.45) is 3.75. The van der Waals surface area contributed by atoms with Gasteiger partial charge in [-0.05, 0) is 31.1 Å². The Hall–Kier alpha value is -0.250. The molecule has 1 saturated heterocycles. The van der Waals surface area contributed by atoms with E-state index in [4.69, 9.17) is 27.9 Å². The van der Waals surface area contributed by atoms with Crippen LogP contribution in [-0.2, 0) is 24.6 Å². The smallest absolute Gasteiger partial charge is 0.0849 e. The van der Waals surface area contributed by atoms with Gasteiger partial charge in [-0.15, -0.1) is 11.6 Å². The lowest BCUT2D eigenvalue weighted by Crippen LogP contribution is -2.34. The number of ether oxygens (including phenoxy) is 1. The number of aromatic nitrogens is 2. The van der Waals surface area contributed by atoms with Crippen molar-refractivity contribution in [2.75, 3.05) is 19.1 Å². The van der Waals surface area contributed by atoms with E-state index in [1.807, 2.05) is 11.7 Å². The van der Waals surface area contributed by atoms with Gasteiger partial charge in [-0.1, -0.05) is 18.5 Å². The standard InChI is InChI=1S/C13H20Cl2N2O/c1-3-10-12(15)11(17(2)16-10)8-13(9-14)4-6-18-7-5-13/h3-9H2,1-2H3. The molecule has 1 aromatic rings. The van der Waals surface area contributed by atoms with E-state index in [9.17, 15) is 0 Å². The normalized spacial score (nSPS) is 19.1. The van der Waals surface area contributed by atoms with Crippen LogP contribution in [0.4, 0.5) is 0 Å². The number of alkyl halides is 1. The monoisotopic (exact) mass is 290 g/mol. The molecule has 0 unspecified atom stereocenters. The molecule has 0 radical (unpaired) electrons. The molecule has 1 fully saturated rings. The third-order valence-electron chi connectivity index (χ3n) is 3.88. The van der Waals surface area contributed by atoms with Crippen LogP contribution in [-0.4, -0.2) is 28.9 Å². The van der Waals surface area contributed by atoms with E-state index >= 15 is 0 Å². The molecule has 1 aromatic heterocycles. The Balaban J connectivity index is 2.24. The van der Waals surface area contributed by atoms with Crippen LogP contribution < -0.4 is 0 Å². The lowest BCUT2D eigenvalue weighted by Gasteiger charge is -2.35. The maximum Gasteiger partial charge on any atom is 0.0849 e. The van der Waals surface area contributed by atoms with Gasteiger partial charge in [-0.3, -0.25) is 4.68 Å². The second-order valence-corrected chi connectivity index (χ2v) is 5.75. The SMILES string of the molecule is CCc1nn(C)c(CC2(CCl)CCOCC2)c1Cl. The van der Waals surface area contributed by atoms with Crippen LogP contribution >= 0.6 is 23.2 Å². The molecule has 0 amide bonds. The first-order valence-electron chi connectivity index (χ1n) is 6.46. The summed E-state index contributed by atoms with van der Waals surface area (Å²) in [6.45, 7) is 3.66. The molecule has 1 aliphatic heterocycles. The highest BCUT2D eigenvalue weighted by Gasteiger charge is 2.34. The van der Waals surface area contributed by atoms with Crippen LogP contribution in [0.15, 0.2) is 0 Å². The van der Waals surface area contributed by atoms with Gasteiger partial charge in [0.15, 0.2) is 0 Å². The van der Waals surface area contributed by atoms with Gasteiger partial charge in [0, 0.05) is 26.1 Å². The van der Waals surface area contributed by atoms with E-state index < -0.39 is 0 Å². The minimum absolute atomic E-state index is 0.113. The fourth-order valence-electron chi connectivity index (χ4n) is 2.53. The van der Waals surface area contributed by atoms with Crippen LogP contribution in [0.25, 0.3) is 0 Å². The van der Waals surface area contributed by atoms with E-state index in [2.05, 4.69) is 12.0 Å². The van der Waals surface area contributed by atoms with Crippen molar-refractivity contribution < 1.29 is 4.74 Å². The third-order valence-corrected chi connectivity index (χ3v) is 4.89. The van der Waals surface area contributed by atoms with Crippen molar-refractivity contribution in [2.24, 2.45) is 12.5 Å². The van der Waals surface area contributed by atoms with Gasteiger partial charge in [0.1, 0.15) is 0 Å². The molecule has 0 saturated carbocycles. The summed E-state index contributed by atoms with van der Waals surface area (Å²) in [6, 6.07) is 0. The van der Waals surface area contributed by atoms with Crippen molar-refractivity contribution in [1.82, 2.24) is 9.78 Å². The van der Waals surface area contributed by atoms with E-state index in [0.29, 0.717) is 5.88 Å². The van der Waals surface area contributed by atoms with Crippen molar-refractivity contribution in [3.8, 4) is 0 Å². The molecule has 2 rings (SSSR count). The maximum absolute atomic E-state index is 6.41. The minimum atomic E-state index is 0.113. The summed E-state index contributed by atoms with van der Waals surface area (Å²) in [5.41, 5.74) is 2.20. The number of aryl methyl sites for hydroxylation is 2. The molecule has 0 aliphatic carbocycles. The highest BCUT2D eigenvalue weighted by atomic mass is 35.5. The Morgan fingerprint density at radius 2 is 2.06 bits per heavy atom. The predicted octanol–water partition coefficient (Wildman–Crippen LogP) is 3.21. The van der Waals surface area contributed by atoms with Gasteiger partial charge >= 0.3 is 0 Å². The highest BCUT2D eigenvalue weighted by molar-refractivity contribution is 6.31. The first-order valence-corrected chi connectivity index (χ1v) is 7.37. The number of rotatable bonds is 4. The fourth-order valence-corrected chi connectivity index (χ4v) is 3.25. The summed E-state index contributed by atoms with van der Waals surface area (Å²) >= 11 is 12.6. The molecule has 0 bridgehead atoms. The number of hydrogen-bond acceptors (Lipinski definition) is 2. The van der Waals surface area contributed by atoms with Gasteiger partial charge < -0.3 is 4.74 Å². The van der Waals surface area contributed by atoms with Crippen molar-refractivity contribution in [1.29, 1.82) is 0 Å². The van der Waals surface area contributed by atoms with Crippen molar-refractivity contribution in [3.63, 3.8) is 0 Å². The second-order valence-electron chi connectivity index (χ2n) is 5.11. The van der Waals surface area contributed by atoms with Crippen molar-refractivity contribution in [2.45, 2.75) is 32.6 Å². The molecule has 0 N–H and O–H groups in total. The number of hydrogen-bond donors (Lipinski definition) is 0. The van der Waals surface area contributed by atoms with Gasteiger partial charge in [-0.2, -0.15) is 5.10 Å². The lowest BCUT2D eigenvalue weighted by molar-refractivity contribution is 0.0250. The zero-order valence-corrected chi connectivity index (χ0v) is 12.5. The summed E-state index contributed by atoms with van der Waals surface area (Å²) in [5, 5.41) is 5.29. The molecule has 2 heterocycles. The average molecular weight is 291 g/mol. The topological polar surface area (TPSA) is 27.1 Å². The molecule has 0 aromatic carbocycles. The van der Waals surface area contributed by atoms with Crippen molar-refractivity contribution in [3.05, 3.63) is 16.4 Å². The van der Waals surface area contributed by atoms with E-state index in [1.165, 1.54) is 0 Å². The summed E-state index contributed by atoms with van der Waals surface area (Å²) < 4.78 is 7.34. The Labute approximate surface area is 118 Å². The Bertz CT molecular complexity index is 411. The molecule has 18 heavy (non-hydrogen) atoms. The average Bonchev–Trinajstić information content (AvgIpc) is 2.67. The maximum atomic E-state index is 6.41. The van der Waals surface area contributed by atoms with Crippen molar-refractivity contribution >= 4 is 23.2 Å². The molecule has 0 atom stereocenters. The van der Waals surface area contributed by atoms with E-state index in [1.54, 1.807) is 0 Å². The lowest BCUT2D eigenvalue weighted by atomic mass is 9.78. The van der Waals surface area contributed by atoms with Crippen LogP contribution in [0.1, 0.15) is 31.2 Å². The predicted molar refractivity (Wildman–Crippen MR) is 74.5 cm³/mol. The molecular weight excluding hydrogens is 271 g/mol. The Morgan fingerprint density at radius 3 is 2.56 bits per heavy atom. The zero-order valence-electron chi connectivity index (χ0n) is 11.0. The van der Waals surface area contributed by atoms with Crippen LogP contribution in [0.5, 0.6) is 0 Å². The highest BCUT2D eigenvalue weighted by Crippen LogP contribution is 2.37. The van der Waals surface area contributed by atoms with Gasteiger partial charge in [0.05, 0.1) is 16.4 Å². The number of nitrogens with zero attached hydrogens (tertiary/aromatic N) is 2. The van der Waals surface area contributed by atoms with Crippen LogP contribution in [0, 0.1) is 5.41 Å². The summed E-state index contributed by atoms with van der Waals surface area (Å²) in [5.74, 6) is 0.652. The molecular formula is C13H20Cl2N2O. The van der Waals surface area contributed by atoms with Crippen LogP contribution in [0.3, 0.4) is 0 Å². The van der Waals surface area contributed by atoms with Crippen LogP contribution in [0.2, 0.25) is 5.02 Å². The first-order chi connectivity index (χ1) is 8.62. The zero-order chi connectivity index (χ0) is 13.2. The molecule has 102 valence electrons. The summed E-state index contributed by atoms with van der Waals surface area (Å²) in [4.78, 5) is 0. The Morgan fingerprint density at radius 1 is 1.39 bits per heavy atom. The van der Waals surface area contributed by atoms with Gasteiger partial charge in [0.25, 0.3) is 0 Å². The van der Waals surface area contributed by atoms with E-state index in [0.717, 1.165) is 55.3 Å². The fraction of sp³-hybridized carbons (Fsp3) is 0.769. The van der Waals surface area contributed by atoms with E-state index in [-0.39, 0.29) is 5.41 Å². The second kappa shape index (κ2) is 5.81. The molecule has 3 nitrogen and oxygen atoms in total. The minimum Gasteiger partial charge on any atom is -0.381 e. The molecule has 0 spiro atoms. The van der Waals surface area contributed by atoms with Gasteiger partial charge in [0.2, 0.25) is 0 Å². The summed E-state index contributed by atoms with van der Waals surface area (Å²) in [7, 11) is 1.96. The molecule has 5 heteroatoms. The quantitative estimate of drug-likeness (QED) is 0.796. The third kappa shape index (κ3) is 2.68.